The van der Waals surface area contributed by atoms with Crippen LogP contribution in [0.15, 0.2) is 60.9 Å². The van der Waals surface area contributed by atoms with Crippen LogP contribution in [0.2, 0.25) is 0 Å². The predicted octanol–water partition coefficient (Wildman–Crippen LogP) is 3.49. The van der Waals surface area contributed by atoms with E-state index in [4.69, 9.17) is 0 Å². The molecule has 1 aliphatic rings. The van der Waals surface area contributed by atoms with Gasteiger partial charge in [-0.25, -0.2) is 4.98 Å². The molecule has 1 aliphatic heterocycles. The Hall–Kier alpha value is -2.92. The standard InChI is InChI=1S/C23H26N4O/c1-17-8-10-20(11-9-17)27-13-21(12-19-6-4-3-5-7-19)26(15-23(27)28)14-22-18(2)24-16-25-22/h3-11,16,21H,12-15H2,1-2H3,(H,24,25)/t21-/m0/s1. The van der Waals surface area contributed by atoms with E-state index in [2.05, 4.69) is 58.2 Å². The van der Waals surface area contributed by atoms with Gasteiger partial charge in [0.25, 0.3) is 0 Å². The molecule has 1 aromatic heterocycles. The minimum Gasteiger partial charge on any atom is -0.348 e. The van der Waals surface area contributed by atoms with Gasteiger partial charge in [-0.3, -0.25) is 9.69 Å². The van der Waals surface area contributed by atoms with E-state index in [1.165, 1.54) is 11.1 Å². The van der Waals surface area contributed by atoms with Crippen molar-refractivity contribution in [1.82, 2.24) is 14.9 Å². The number of aromatic nitrogens is 2. The fourth-order valence-corrected chi connectivity index (χ4v) is 3.79. The summed E-state index contributed by atoms with van der Waals surface area (Å²) < 4.78 is 0. The Kier molecular flexibility index (Phi) is 5.26. The summed E-state index contributed by atoms with van der Waals surface area (Å²) in [5.74, 6) is 0.140. The van der Waals surface area contributed by atoms with Gasteiger partial charge in [-0.1, -0.05) is 48.0 Å². The number of carbonyl (C=O) groups is 1. The van der Waals surface area contributed by atoms with Gasteiger partial charge >= 0.3 is 0 Å². The number of nitrogens with one attached hydrogen (secondary N) is 1. The van der Waals surface area contributed by atoms with Crippen molar-refractivity contribution in [2.45, 2.75) is 32.9 Å². The summed E-state index contributed by atoms with van der Waals surface area (Å²) in [5.41, 5.74) is 5.53. The molecule has 0 saturated carbocycles. The largest absolute Gasteiger partial charge is 0.348 e. The highest BCUT2D eigenvalue weighted by Crippen LogP contribution is 2.24. The molecular weight excluding hydrogens is 348 g/mol. The third-order valence-electron chi connectivity index (χ3n) is 5.50. The van der Waals surface area contributed by atoms with Crippen molar-refractivity contribution in [1.29, 1.82) is 0 Å². The monoisotopic (exact) mass is 374 g/mol. The Morgan fingerprint density at radius 2 is 1.82 bits per heavy atom. The molecule has 28 heavy (non-hydrogen) atoms. The number of aromatic amines is 1. The molecule has 1 amide bonds. The first-order valence-electron chi connectivity index (χ1n) is 9.74. The summed E-state index contributed by atoms with van der Waals surface area (Å²) in [6.07, 6.45) is 2.63. The lowest BCUT2D eigenvalue weighted by Gasteiger charge is -2.41. The summed E-state index contributed by atoms with van der Waals surface area (Å²) in [6, 6.07) is 18.9. The van der Waals surface area contributed by atoms with E-state index >= 15 is 0 Å². The van der Waals surface area contributed by atoms with Crippen molar-refractivity contribution in [2.24, 2.45) is 0 Å². The molecule has 0 spiro atoms. The number of anilines is 1. The van der Waals surface area contributed by atoms with Gasteiger partial charge in [0.1, 0.15) is 0 Å². The summed E-state index contributed by atoms with van der Waals surface area (Å²) in [4.78, 5) is 24.7. The van der Waals surface area contributed by atoms with Crippen LogP contribution in [-0.4, -0.2) is 39.9 Å². The Morgan fingerprint density at radius 1 is 1.07 bits per heavy atom. The number of benzene rings is 2. The first-order chi connectivity index (χ1) is 13.6. The van der Waals surface area contributed by atoms with Gasteiger partial charge in [0.15, 0.2) is 0 Å². The maximum Gasteiger partial charge on any atom is 0.241 e. The number of hydrogen-bond donors (Lipinski definition) is 1. The van der Waals surface area contributed by atoms with E-state index in [1.807, 2.05) is 30.0 Å². The van der Waals surface area contributed by atoms with Crippen LogP contribution in [0.3, 0.4) is 0 Å². The van der Waals surface area contributed by atoms with Crippen molar-refractivity contribution >= 4 is 11.6 Å². The molecule has 4 rings (SSSR count). The summed E-state index contributed by atoms with van der Waals surface area (Å²) in [6.45, 7) is 5.85. The van der Waals surface area contributed by atoms with Crippen molar-refractivity contribution in [3.63, 3.8) is 0 Å². The highest BCUT2D eigenvalue weighted by Gasteiger charge is 2.33. The molecule has 0 radical (unpaired) electrons. The zero-order valence-corrected chi connectivity index (χ0v) is 16.4. The second kappa shape index (κ2) is 7.98. The molecule has 1 N–H and O–H groups in total. The molecule has 2 heterocycles. The van der Waals surface area contributed by atoms with Crippen LogP contribution >= 0.6 is 0 Å². The highest BCUT2D eigenvalue weighted by atomic mass is 16.2. The normalized spacial score (nSPS) is 17.9. The zero-order chi connectivity index (χ0) is 19.5. The molecule has 0 bridgehead atoms. The van der Waals surface area contributed by atoms with Crippen LogP contribution in [0.25, 0.3) is 0 Å². The van der Waals surface area contributed by atoms with Crippen molar-refractivity contribution in [2.75, 3.05) is 18.0 Å². The average Bonchev–Trinajstić information content (AvgIpc) is 3.10. The molecule has 0 aliphatic carbocycles. The number of piperazine rings is 1. The number of imidazole rings is 1. The van der Waals surface area contributed by atoms with E-state index in [9.17, 15) is 4.79 Å². The number of hydrogen-bond acceptors (Lipinski definition) is 3. The third kappa shape index (κ3) is 3.99. The number of aryl methyl sites for hydroxylation is 2. The highest BCUT2D eigenvalue weighted by molar-refractivity contribution is 5.95. The zero-order valence-electron chi connectivity index (χ0n) is 16.4. The fourth-order valence-electron chi connectivity index (χ4n) is 3.79. The van der Waals surface area contributed by atoms with Crippen molar-refractivity contribution in [3.05, 3.63) is 83.4 Å². The quantitative estimate of drug-likeness (QED) is 0.744. The van der Waals surface area contributed by atoms with Gasteiger partial charge in [0.05, 0.1) is 18.6 Å². The summed E-state index contributed by atoms with van der Waals surface area (Å²) in [5, 5.41) is 0. The van der Waals surface area contributed by atoms with E-state index in [-0.39, 0.29) is 11.9 Å². The van der Waals surface area contributed by atoms with Gasteiger partial charge in [-0.05, 0) is 38.0 Å². The van der Waals surface area contributed by atoms with E-state index in [0.717, 1.165) is 23.5 Å². The molecule has 0 unspecified atom stereocenters. The second-order valence-corrected chi connectivity index (χ2v) is 7.56. The van der Waals surface area contributed by atoms with Gasteiger partial charge in [0.2, 0.25) is 5.91 Å². The molecule has 144 valence electrons. The minimum atomic E-state index is 0.140. The topological polar surface area (TPSA) is 52.2 Å². The number of rotatable bonds is 5. The number of nitrogens with zero attached hydrogens (tertiary/aromatic N) is 3. The number of amides is 1. The van der Waals surface area contributed by atoms with Gasteiger partial charge < -0.3 is 9.88 Å². The first kappa shape index (κ1) is 18.4. The lowest BCUT2D eigenvalue weighted by atomic mass is 10.0. The summed E-state index contributed by atoms with van der Waals surface area (Å²) >= 11 is 0. The SMILES string of the molecule is Cc1ccc(N2C[C@H](Cc3ccccc3)N(Cc3nc[nH]c3C)CC2=O)cc1. The van der Waals surface area contributed by atoms with Crippen molar-refractivity contribution < 1.29 is 4.79 Å². The Bertz CT molecular complexity index is 933. The van der Waals surface area contributed by atoms with Crippen LogP contribution in [0.1, 0.15) is 22.5 Å². The molecule has 2 aromatic carbocycles. The Labute approximate surface area is 166 Å². The van der Waals surface area contributed by atoms with E-state index < -0.39 is 0 Å². The molecular formula is C23H26N4O. The molecule has 5 nitrogen and oxygen atoms in total. The fraction of sp³-hybridized carbons (Fsp3) is 0.304. The lowest BCUT2D eigenvalue weighted by molar-refractivity contribution is -0.122. The average molecular weight is 374 g/mol. The summed E-state index contributed by atoms with van der Waals surface area (Å²) in [7, 11) is 0. The maximum atomic E-state index is 13.0. The molecule has 1 atom stereocenters. The van der Waals surface area contributed by atoms with Crippen LogP contribution in [-0.2, 0) is 17.8 Å². The van der Waals surface area contributed by atoms with Crippen LogP contribution < -0.4 is 4.90 Å². The van der Waals surface area contributed by atoms with Crippen LogP contribution in [0.4, 0.5) is 5.69 Å². The first-order valence-corrected chi connectivity index (χ1v) is 9.74. The van der Waals surface area contributed by atoms with Crippen LogP contribution in [0, 0.1) is 13.8 Å². The number of carbonyl (C=O) groups excluding carboxylic acids is 1. The Morgan fingerprint density at radius 3 is 2.50 bits per heavy atom. The van der Waals surface area contributed by atoms with Gasteiger partial charge in [0, 0.05) is 30.5 Å². The van der Waals surface area contributed by atoms with Gasteiger partial charge in [-0.15, -0.1) is 0 Å². The predicted molar refractivity (Wildman–Crippen MR) is 111 cm³/mol. The molecule has 3 aromatic rings. The smallest absolute Gasteiger partial charge is 0.241 e. The molecule has 1 saturated heterocycles. The van der Waals surface area contributed by atoms with E-state index in [1.54, 1.807) is 6.33 Å². The second-order valence-electron chi connectivity index (χ2n) is 7.56. The van der Waals surface area contributed by atoms with Gasteiger partial charge in [-0.2, -0.15) is 0 Å². The van der Waals surface area contributed by atoms with E-state index in [0.29, 0.717) is 19.6 Å². The van der Waals surface area contributed by atoms with Crippen LogP contribution in [0.5, 0.6) is 0 Å². The lowest BCUT2D eigenvalue weighted by Crippen LogP contribution is -2.56. The number of H-pyrrole nitrogens is 1. The third-order valence-corrected chi connectivity index (χ3v) is 5.50. The molecule has 5 heteroatoms. The maximum absolute atomic E-state index is 13.0. The molecule has 1 fully saturated rings. The Balaban J connectivity index is 1.59. The minimum absolute atomic E-state index is 0.140. The van der Waals surface area contributed by atoms with Crippen molar-refractivity contribution in [3.8, 4) is 0 Å².